The van der Waals surface area contributed by atoms with Crippen LogP contribution in [0.5, 0.6) is 0 Å². The van der Waals surface area contributed by atoms with Crippen LogP contribution in [0.25, 0.3) is 0 Å². The summed E-state index contributed by atoms with van der Waals surface area (Å²) in [5.41, 5.74) is 0.986. The van der Waals surface area contributed by atoms with Gasteiger partial charge in [0.15, 0.2) is 0 Å². The number of benzene rings is 1. The molecule has 0 aromatic heterocycles. The molecule has 1 aromatic rings. The third-order valence-corrected chi connectivity index (χ3v) is 5.35. The lowest BCUT2D eigenvalue weighted by Gasteiger charge is -2.35. The molecule has 1 aliphatic heterocycles. The molecule has 6 nitrogen and oxygen atoms in total. The molecule has 2 rings (SSSR count). The zero-order valence-electron chi connectivity index (χ0n) is 17.6. The first-order chi connectivity index (χ1) is 13.3. The molecule has 0 N–H and O–H groups in total. The van der Waals surface area contributed by atoms with Crippen LogP contribution < -0.4 is 0 Å². The monoisotopic (exact) mass is 388 g/mol. The molecular formula is C22H32N2O4. The SMILES string of the molecule is COC(=O)[C@H](CC(C)C)N1CCC(C)N(C(C)=O)[C@@H](Cc2ccccc2)C1=O. The zero-order valence-corrected chi connectivity index (χ0v) is 17.6. The molecule has 0 bridgehead atoms. The smallest absolute Gasteiger partial charge is 0.328 e. The van der Waals surface area contributed by atoms with Crippen LogP contribution in [0.15, 0.2) is 30.3 Å². The molecule has 1 heterocycles. The highest BCUT2D eigenvalue weighted by Gasteiger charge is 2.42. The molecule has 2 amide bonds. The fraction of sp³-hybridized carbons (Fsp3) is 0.591. The molecular weight excluding hydrogens is 356 g/mol. The molecule has 1 aliphatic rings. The summed E-state index contributed by atoms with van der Waals surface area (Å²) in [6.45, 7) is 7.94. The van der Waals surface area contributed by atoms with Gasteiger partial charge in [-0.1, -0.05) is 44.2 Å². The third-order valence-electron chi connectivity index (χ3n) is 5.35. The van der Waals surface area contributed by atoms with Crippen molar-refractivity contribution in [2.24, 2.45) is 5.92 Å². The highest BCUT2D eigenvalue weighted by molar-refractivity contribution is 5.91. The first-order valence-corrected chi connectivity index (χ1v) is 9.97. The Balaban J connectivity index is 2.42. The maximum Gasteiger partial charge on any atom is 0.328 e. The van der Waals surface area contributed by atoms with Crippen LogP contribution in [0.4, 0.5) is 0 Å². The quantitative estimate of drug-likeness (QED) is 0.703. The van der Waals surface area contributed by atoms with E-state index in [1.807, 2.05) is 51.1 Å². The van der Waals surface area contributed by atoms with Crippen molar-refractivity contribution in [1.29, 1.82) is 0 Å². The Labute approximate surface area is 167 Å². The van der Waals surface area contributed by atoms with Gasteiger partial charge in [-0.3, -0.25) is 9.59 Å². The number of hydrogen-bond donors (Lipinski definition) is 0. The standard InChI is InChI=1S/C22H32N2O4/c1-15(2)13-20(22(27)28-5)23-12-11-16(3)24(17(4)25)19(21(23)26)14-18-9-7-6-8-10-18/h6-10,15-16,19-20H,11-14H2,1-5H3/t16?,19-,20-/m0/s1. The Bertz CT molecular complexity index is 689. The van der Waals surface area contributed by atoms with Gasteiger partial charge in [-0.2, -0.15) is 0 Å². The van der Waals surface area contributed by atoms with Crippen molar-refractivity contribution in [2.75, 3.05) is 13.7 Å². The van der Waals surface area contributed by atoms with Gasteiger partial charge >= 0.3 is 5.97 Å². The van der Waals surface area contributed by atoms with Crippen LogP contribution >= 0.6 is 0 Å². The minimum Gasteiger partial charge on any atom is -0.467 e. The van der Waals surface area contributed by atoms with Gasteiger partial charge in [0, 0.05) is 25.9 Å². The minimum atomic E-state index is -0.630. The average molecular weight is 389 g/mol. The number of rotatable bonds is 6. The first-order valence-electron chi connectivity index (χ1n) is 9.97. The van der Waals surface area contributed by atoms with Crippen LogP contribution in [0.2, 0.25) is 0 Å². The average Bonchev–Trinajstić information content (AvgIpc) is 2.77. The topological polar surface area (TPSA) is 66.9 Å². The van der Waals surface area contributed by atoms with Crippen molar-refractivity contribution in [1.82, 2.24) is 9.80 Å². The van der Waals surface area contributed by atoms with E-state index in [0.29, 0.717) is 25.8 Å². The number of hydrogen-bond acceptors (Lipinski definition) is 4. The Morgan fingerprint density at radius 2 is 1.86 bits per heavy atom. The van der Waals surface area contributed by atoms with Crippen molar-refractivity contribution >= 4 is 17.8 Å². The summed E-state index contributed by atoms with van der Waals surface area (Å²) in [5, 5.41) is 0. The second kappa shape index (κ2) is 9.71. The van der Waals surface area contributed by atoms with E-state index in [-0.39, 0.29) is 23.8 Å². The lowest BCUT2D eigenvalue weighted by molar-refractivity contribution is -0.155. The second-order valence-electron chi connectivity index (χ2n) is 7.97. The minimum absolute atomic E-state index is 0.0856. The maximum atomic E-state index is 13.6. The summed E-state index contributed by atoms with van der Waals surface area (Å²) in [5.74, 6) is -0.472. The van der Waals surface area contributed by atoms with Crippen LogP contribution in [0.3, 0.4) is 0 Å². The normalized spacial score (nSPS) is 21.4. The second-order valence-corrected chi connectivity index (χ2v) is 7.97. The molecule has 1 fully saturated rings. The molecule has 3 atom stereocenters. The van der Waals surface area contributed by atoms with E-state index in [0.717, 1.165) is 5.56 Å². The van der Waals surface area contributed by atoms with E-state index in [1.165, 1.54) is 14.0 Å². The first kappa shape index (κ1) is 21.9. The van der Waals surface area contributed by atoms with Gasteiger partial charge in [-0.05, 0) is 31.2 Å². The highest BCUT2D eigenvalue weighted by Crippen LogP contribution is 2.25. The van der Waals surface area contributed by atoms with E-state index in [2.05, 4.69) is 0 Å². The molecule has 28 heavy (non-hydrogen) atoms. The molecule has 1 saturated heterocycles. The maximum absolute atomic E-state index is 13.6. The van der Waals surface area contributed by atoms with Gasteiger partial charge in [-0.15, -0.1) is 0 Å². The van der Waals surface area contributed by atoms with E-state index in [9.17, 15) is 14.4 Å². The van der Waals surface area contributed by atoms with Crippen molar-refractivity contribution in [2.45, 2.75) is 65.1 Å². The predicted molar refractivity (Wildman–Crippen MR) is 108 cm³/mol. The van der Waals surface area contributed by atoms with E-state index >= 15 is 0 Å². The zero-order chi connectivity index (χ0) is 20.8. The lowest BCUT2D eigenvalue weighted by atomic mass is 9.99. The molecule has 0 saturated carbocycles. The molecule has 0 spiro atoms. The van der Waals surface area contributed by atoms with Gasteiger partial charge in [0.2, 0.25) is 11.8 Å². The fourth-order valence-electron chi connectivity index (χ4n) is 3.99. The van der Waals surface area contributed by atoms with Gasteiger partial charge in [0.05, 0.1) is 7.11 Å². The summed E-state index contributed by atoms with van der Waals surface area (Å²) in [4.78, 5) is 41.8. The largest absolute Gasteiger partial charge is 0.467 e. The van der Waals surface area contributed by atoms with E-state index in [4.69, 9.17) is 4.74 Å². The van der Waals surface area contributed by atoms with Crippen molar-refractivity contribution in [3.63, 3.8) is 0 Å². The number of ether oxygens (including phenoxy) is 1. The van der Waals surface area contributed by atoms with Crippen LogP contribution in [0, 0.1) is 5.92 Å². The molecule has 0 radical (unpaired) electrons. The molecule has 1 aromatic carbocycles. The summed E-state index contributed by atoms with van der Waals surface area (Å²) in [6, 6.07) is 8.34. The summed E-state index contributed by atoms with van der Waals surface area (Å²) >= 11 is 0. The van der Waals surface area contributed by atoms with Gasteiger partial charge in [0.25, 0.3) is 0 Å². The third kappa shape index (κ3) is 5.12. The van der Waals surface area contributed by atoms with Gasteiger partial charge in [0.1, 0.15) is 12.1 Å². The Morgan fingerprint density at radius 3 is 2.39 bits per heavy atom. The Kier molecular flexibility index (Phi) is 7.61. The number of carbonyl (C=O) groups excluding carboxylic acids is 3. The highest BCUT2D eigenvalue weighted by atomic mass is 16.5. The van der Waals surface area contributed by atoms with Crippen LogP contribution in [0.1, 0.15) is 46.1 Å². The Hall–Kier alpha value is -2.37. The summed E-state index contributed by atoms with van der Waals surface area (Å²) in [6.07, 6.45) is 1.59. The van der Waals surface area contributed by atoms with Crippen molar-refractivity contribution < 1.29 is 19.1 Å². The summed E-state index contributed by atoms with van der Waals surface area (Å²) < 4.78 is 5.00. The summed E-state index contributed by atoms with van der Waals surface area (Å²) in [7, 11) is 1.35. The number of amides is 2. The molecule has 1 unspecified atom stereocenters. The lowest BCUT2D eigenvalue weighted by Crippen LogP contribution is -2.54. The number of methoxy groups -OCH3 is 1. The fourth-order valence-corrected chi connectivity index (χ4v) is 3.99. The molecule has 6 heteroatoms. The van der Waals surface area contributed by atoms with Gasteiger partial charge < -0.3 is 14.5 Å². The molecule has 154 valence electrons. The van der Waals surface area contributed by atoms with Crippen LogP contribution in [-0.2, 0) is 25.5 Å². The van der Waals surface area contributed by atoms with Crippen LogP contribution in [-0.4, -0.2) is 59.4 Å². The number of esters is 1. The van der Waals surface area contributed by atoms with Gasteiger partial charge in [-0.25, -0.2) is 4.79 Å². The van der Waals surface area contributed by atoms with Crippen molar-refractivity contribution in [3.8, 4) is 0 Å². The predicted octanol–water partition coefficient (Wildman–Crippen LogP) is 2.65. The molecule has 0 aliphatic carbocycles. The number of carbonyl (C=O) groups is 3. The Morgan fingerprint density at radius 1 is 1.21 bits per heavy atom. The van der Waals surface area contributed by atoms with E-state index < -0.39 is 18.1 Å². The van der Waals surface area contributed by atoms with Crippen molar-refractivity contribution in [3.05, 3.63) is 35.9 Å². The van der Waals surface area contributed by atoms with E-state index in [1.54, 1.807) is 9.80 Å². The number of nitrogens with zero attached hydrogens (tertiary/aromatic N) is 2.